The predicted octanol–water partition coefficient (Wildman–Crippen LogP) is 15.5. The minimum Gasteiger partial charge on any atom is -0.455 e. The number of para-hydroxylation sites is 2. The molecule has 2 heterocycles. The molecular formula is C55H40N2O. The van der Waals surface area contributed by atoms with Gasteiger partial charge in [-0.15, -0.1) is 0 Å². The number of furan rings is 1. The highest BCUT2D eigenvalue weighted by atomic mass is 16.3. The van der Waals surface area contributed by atoms with Gasteiger partial charge >= 0.3 is 0 Å². The SMILES string of the molecule is CC1CC=Cc2c1c1c3oc4c(-c5ccc(N(c6ccc(-c7ccccc7)cc6)c6ccc(-c7ccccc7)cc6)cc5)cccc4c3ccc1n2-c1ccccc1. The van der Waals surface area contributed by atoms with Gasteiger partial charge in [0.25, 0.3) is 0 Å². The molecule has 0 bridgehead atoms. The van der Waals surface area contributed by atoms with E-state index in [4.69, 9.17) is 4.42 Å². The van der Waals surface area contributed by atoms with E-state index in [2.05, 4.69) is 223 Å². The van der Waals surface area contributed by atoms with Crippen LogP contribution in [-0.2, 0) is 0 Å². The first-order valence-corrected chi connectivity index (χ1v) is 20.2. The van der Waals surface area contributed by atoms with Gasteiger partial charge in [0.1, 0.15) is 11.2 Å². The van der Waals surface area contributed by atoms with Crippen molar-refractivity contribution >= 4 is 56.0 Å². The monoisotopic (exact) mass is 744 g/mol. The van der Waals surface area contributed by atoms with Crippen LogP contribution in [0.3, 0.4) is 0 Å². The number of allylic oxidation sites excluding steroid dienone is 1. The molecule has 0 N–H and O–H groups in total. The van der Waals surface area contributed by atoms with Crippen molar-refractivity contribution in [3.05, 3.63) is 211 Å². The largest absolute Gasteiger partial charge is 0.455 e. The predicted molar refractivity (Wildman–Crippen MR) is 244 cm³/mol. The number of hydrogen-bond donors (Lipinski definition) is 0. The molecular weight excluding hydrogens is 705 g/mol. The van der Waals surface area contributed by atoms with Crippen LogP contribution in [0.25, 0.3) is 78.0 Å². The fraction of sp³-hybridized carbons (Fsp3) is 0.0545. The van der Waals surface area contributed by atoms with Crippen molar-refractivity contribution in [3.63, 3.8) is 0 Å². The van der Waals surface area contributed by atoms with Gasteiger partial charge in [0.2, 0.25) is 0 Å². The minimum atomic E-state index is 0.380. The van der Waals surface area contributed by atoms with Gasteiger partial charge in [-0.2, -0.15) is 0 Å². The molecule has 3 heteroatoms. The molecule has 10 aromatic rings. The molecule has 1 aliphatic rings. The summed E-state index contributed by atoms with van der Waals surface area (Å²) in [6.45, 7) is 2.34. The molecule has 0 radical (unpaired) electrons. The molecule has 0 spiro atoms. The Hall–Kier alpha value is -7.36. The first kappa shape index (κ1) is 33.9. The maximum absolute atomic E-state index is 7.08. The van der Waals surface area contributed by atoms with Crippen LogP contribution < -0.4 is 4.90 Å². The minimum absolute atomic E-state index is 0.380. The van der Waals surface area contributed by atoms with Gasteiger partial charge in [0.05, 0.1) is 11.2 Å². The van der Waals surface area contributed by atoms with Crippen molar-refractivity contribution in [1.29, 1.82) is 0 Å². The van der Waals surface area contributed by atoms with Crippen molar-refractivity contribution in [2.24, 2.45) is 0 Å². The summed E-state index contributed by atoms with van der Waals surface area (Å²) < 4.78 is 9.48. The van der Waals surface area contributed by atoms with Crippen LogP contribution in [0.1, 0.15) is 30.5 Å². The zero-order valence-corrected chi connectivity index (χ0v) is 32.2. The summed E-state index contributed by atoms with van der Waals surface area (Å²) in [7, 11) is 0. The summed E-state index contributed by atoms with van der Waals surface area (Å²) in [5, 5.41) is 3.51. The lowest BCUT2D eigenvalue weighted by Crippen LogP contribution is -2.09. The van der Waals surface area contributed by atoms with E-state index in [0.717, 1.165) is 62.2 Å². The lowest BCUT2D eigenvalue weighted by atomic mass is 9.90. The van der Waals surface area contributed by atoms with E-state index in [-0.39, 0.29) is 0 Å². The van der Waals surface area contributed by atoms with Crippen LogP contribution in [0.15, 0.2) is 205 Å². The number of anilines is 3. The average molecular weight is 745 g/mol. The Bertz CT molecular complexity index is 3020. The van der Waals surface area contributed by atoms with Crippen LogP contribution in [0.4, 0.5) is 17.1 Å². The number of rotatable bonds is 7. The normalized spacial score (nSPS) is 13.6. The van der Waals surface area contributed by atoms with Crippen molar-refractivity contribution in [2.75, 3.05) is 4.90 Å². The number of fused-ring (bicyclic) bond motifs is 7. The molecule has 2 aromatic heterocycles. The Morgan fingerprint density at radius 2 is 1.00 bits per heavy atom. The number of nitrogens with zero attached hydrogens (tertiary/aromatic N) is 2. The summed E-state index contributed by atoms with van der Waals surface area (Å²) in [5.41, 5.74) is 17.1. The topological polar surface area (TPSA) is 21.3 Å². The highest BCUT2D eigenvalue weighted by Gasteiger charge is 2.27. The quantitative estimate of drug-likeness (QED) is 0.162. The van der Waals surface area contributed by atoms with Crippen LogP contribution in [-0.4, -0.2) is 4.57 Å². The highest BCUT2D eigenvalue weighted by Crippen LogP contribution is 2.46. The third-order valence-electron chi connectivity index (χ3n) is 11.8. The van der Waals surface area contributed by atoms with E-state index >= 15 is 0 Å². The molecule has 0 saturated heterocycles. The second-order valence-corrected chi connectivity index (χ2v) is 15.3. The van der Waals surface area contributed by atoms with Gasteiger partial charge in [-0.25, -0.2) is 0 Å². The van der Waals surface area contributed by atoms with Crippen molar-refractivity contribution < 1.29 is 4.42 Å². The molecule has 276 valence electrons. The maximum Gasteiger partial charge on any atom is 0.145 e. The summed E-state index contributed by atoms with van der Waals surface area (Å²) in [6, 6.07) is 69.6. The van der Waals surface area contributed by atoms with Crippen LogP contribution in [0, 0.1) is 0 Å². The third kappa shape index (κ3) is 5.66. The first-order valence-electron chi connectivity index (χ1n) is 20.2. The smallest absolute Gasteiger partial charge is 0.145 e. The lowest BCUT2D eigenvalue weighted by Gasteiger charge is -2.26. The number of hydrogen-bond acceptors (Lipinski definition) is 2. The van der Waals surface area contributed by atoms with E-state index in [1.807, 2.05) is 0 Å². The van der Waals surface area contributed by atoms with Gasteiger partial charge in [0, 0.05) is 44.5 Å². The second-order valence-electron chi connectivity index (χ2n) is 15.3. The molecule has 0 aliphatic heterocycles. The fourth-order valence-corrected chi connectivity index (χ4v) is 9.03. The molecule has 3 nitrogen and oxygen atoms in total. The third-order valence-corrected chi connectivity index (χ3v) is 11.8. The maximum atomic E-state index is 7.08. The second kappa shape index (κ2) is 14.0. The highest BCUT2D eigenvalue weighted by molar-refractivity contribution is 6.18. The van der Waals surface area contributed by atoms with Crippen molar-refractivity contribution in [3.8, 4) is 39.1 Å². The van der Waals surface area contributed by atoms with Gasteiger partial charge < -0.3 is 13.9 Å². The zero-order valence-electron chi connectivity index (χ0n) is 32.2. The Balaban J connectivity index is 1.02. The first-order chi connectivity index (χ1) is 28.7. The Morgan fingerprint density at radius 1 is 0.483 bits per heavy atom. The molecule has 1 aliphatic carbocycles. The van der Waals surface area contributed by atoms with Crippen LogP contribution >= 0.6 is 0 Å². The van der Waals surface area contributed by atoms with Crippen molar-refractivity contribution in [2.45, 2.75) is 19.3 Å². The van der Waals surface area contributed by atoms with Crippen LogP contribution in [0.5, 0.6) is 0 Å². The molecule has 0 saturated carbocycles. The molecule has 0 amide bonds. The van der Waals surface area contributed by atoms with Gasteiger partial charge in [-0.3, -0.25) is 0 Å². The molecule has 1 unspecified atom stereocenters. The average Bonchev–Trinajstić information content (AvgIpc) is 3.85. The molecule has 8 aromatic carbocycles. The standard InChI is InChI=1S/C55H40N2O/c1-37-13-11-22-50-52(37)53-51(57(50)43-18-9-4-10-19-43)36-35-49-48-21-12-20-47(54(48)58-55(49)53)42-27-33-46(34-28-42)56(44-29-23-40(24-30-44)38-14-5-2-6-15-38)45-31-25-41(26-32-45)39-16-7-3-8-17-39/h2-12,14-37H,13H2,1H3. The fourth-order valence-electron chi connectivity index (χ4n) is 9.03. The van der Waals surface area contributed by atoms with E-state index < -0.39 is 0 Å². The van der Waals surface area contributed by atoms with E-state index in [1.165, 1.54) is 44.4 Å². The van der Waals surface area contributed by atoms with Crippen LogP contribution in [0.2, 0.25) is 0 Å². The molecule has 1 atom stereocenters. The van der Waals surface area contributed by atoms with E-state index in [0.29, 0.717) is 5.92 Å². The molecule has 0 fully saturated rings. The van der Waals surface area contributed by atoms with Gasteiger partial charge in [-0.1, -0.05) is 146 Å². The lowest BCUT2D eigenvalue weighted by molar-refractivity contribution is 0.672. The Labute approximate surface area is 338 Å². The van der Waals surface area contributed by atoms with Gasteiger partial charge in [0.15, 0.2) is 0 Å². The van der Waals surface area contributed by atoms with E-state index in [1.54, 1.807) is 0 Å². The summed E-state index contributed by atoms with van der Waals surface area (Å²) in [5.74, 6) is 0.380. The molecule has 11 rings (SSSR count). The summed E-state index contributed by atoms with van der Waals surface area (Å²) in [4.78, 5) is 2.34. The van der Waals surface area contributed by atoms with E-state index in [9.17, 15) is 0 Å². The Kier molecular flexibility index (Phi) is 8.18. The zero-order chi connectivity index (χ0) is 38.6. The Morgan fingerprint density at radius 3 is 1.59 bits per heavy atom. The van der Waals surface area contributed by atoms with Gasteiger partial charge in [-0.05, 0) is 112 Å². The van der Waals surface area contributed by atoms with Crippen molar-refractivity contribution in [1.82, 2.24) is 4.57 Å². The summed E-state index contributed by atoms with van der Waals surface area (Å²) >= 11 is 0. The number of benzene rings is 8. The molecule has 58 heavy (non-hydrogen) atoms. The number of aromatic nitrogens is 1. The summed E-state index contributed by atoms with van der Waals surface area (Å²) in [6.07, 6.45) is 5.62.